The molecule has 0 aromatic heterocycles. The smallest absolute Gasteiger partial charge is 0.409 e. The molecule has 2 atom stereocenters. The number of rotatable bonds is 4. The Morgan fingerprint density at radius 1 is 0.875 bits per heavy atom. The van der Waals surface area contributed by atoms with Crippen molar-refractivity contribution in [3.05, 3.63) is 70.8 Å². The number of hydrogen-bond donors (Lipinski definition) is 1. The summed E-state index contributed by atoms with van der Waals surface area (Å²) >= 11 is 0. The fourth-order valence-corrected chi connectivity index (χ4v) is 4.36. The molecule has 2 aromatic carbocycles. The van der Waals surface area contributed by atoms with E-state index < -0.39 is 0 Å². The van der Waals surface area contributed by atoms with Gasteiger partial charge < -0.3 is 15.0 Å². The lowest BCUT2D eigenvalue weighted by Gasteiger charge is -2.27. The van der Waals surface area contributed by atoms with Crippen LogP contribution in [0.25, 0.3) is 0 Å². The van der Waals surface area contributed by atoms with Crippen LogP contribution >= 0.6 is 0 Å². The van der Waals surface area contributed by atoms with Gasteiger partial charge in [0, 0.05) is 39.0 Å². The Hall–Kier alpha value is -2.33. The topological polar surface area (TPSA) is 41.6 Å². The molecule has 1 saturated heterocycles. The molecule has 4 nitrogen and oxygen atoms in total. The van der Waals surface area contributed by atoms with Crippen LogP contribution < -0.4 is 5.32 Å². The Balaban J connectivity index is 1.91. The minimum Gasteiger partial charge on any atom is -0.445 e. The Bertz CT molecular complexity index is 845. The van der Waals surface area contributed by atoms with E-state index in [1.165, 1.54) is 27.2 Å². The van der Waals surface area contributed by atoms with E-state index in [1.54, 1.807) is 14.1 Å². The highest BCUT2D eigenvalue weighted by Crippen LogP contribution is 2.35. The van der Waals surface area contributed by atoms with E-state index >= 15 is 0 Å². The molecule has 1 heterocycles. The molecule has 3 rings (SSSR count). The zero-order chi connectivity index (χ0) is 23.7. The first-order valence-corrected chi connectivity index (χ1v) is 11.7. The maximum Gasteiger partial charge on any atom is 0.409 e. The van der Waals surface area contributed by atoms with E-state index in [0.29, 0.717) is 6.54 Å². The van der Waals surface area contributed by atoms with Crippen LogP contribution in [0.2, 0.25) is 0 Å². The first-order chi connectivity index (χ1) is 14.9. The van der Waals surface area contributed by atoms with Crippen LogP contribution in [0, 0.1) is 0 Å². The van der Waals surface area contributed by atoms with Crippen LogP contribution in [0.1, 0.15) is 76.1 Å². The summed E-state index contributed by atoms with van der Waals surface area (Å²) in [7, 11) is 3.44. The molecule has 0 radical (unpaired) electrons. The van der Waals surface area contributed by atoms with E-state index in [1.807, 2.05) is 0 Å². The largest absolute Gasteiger partial charge is 0.445 e. The van der Waals surface area contributed by atoms with Gasteiger partial charge in [0.15, 0.2) is 0 Å². The fraction of sp³-hybridized carbons (Fsp3) is 0.536. The zero-order valence-corrected chi connectivity index (χ0v) is 21.0. The van der Waals surface area contributed by atoms with Crippen molar-refractivity contribution in [2.75, 3.05) is 20.6 Å². The molecule has 4 heteroatoms. The molecule has 1 fully saturated rings. The SMILES string of the molecule is CN(C)C(=O)OC1CNC(C(c2ccc(C(C)(C)C)cc2)c2ccc(C(C)(C)C)cc2)C1. The van der Waals surface area contributed by atoms with Gasteiger partial charge in [-0.15, -0.1) is 0 Å². The van der Waals surface area contributed by atoms with Crippen molar-refractivity contribution in [3.8, 4) is 0 Å². The van der Waals surface area contributed by atoms with E-state index in [0.717, 1.165) is 6.42 Å². The maximum atomic E-state index is 12.1. The van der Waals surface area contributed by atoms with Gasteiger partial charge in [-0.05, 0) is 33.1 Å². The molecule has 2 aromatic rings. The molecule has 32 heavy (non-hydrogen) atoms. The molecule has 1 aliphatic heterocycles. The Morgan fingerprint density at radius 3 is 1.69 bits per heavy atom. The molecule has 174 valence electrons. The third-order valence-electron chi connectivity index (χ3n) is 6.43. The number of hydrogen-bond acceptors (Lipinski definition) is 3. The highest BCUT2D eigenvalue weighted by atomic mass is 16.6. The molecule has 0 bridgehead atoms. The number of nitrogens with one attached hydrogen (secondary N) is 1. The van der Waals surface area contributed by atoms with Crippen LogP contribution in [-0.2, 0) is 15.6 Å². The van der Waals surface area contributed by atoms with Gasteiger partial charge in [0.05, 0.1) is 0 Å². The van der Waals surface area contributed by atoms with Crippen LogP contribution in [0.15, 0.2) is 48.5 Å². The normalized spacial score (nSPS) is 19.3. The number of ether oxygens (including phenoxy) is 1. The number of nitrogens with zero attached hydrogens (tertiary/aromatic N) is 1. The summed E-state index contributed by atoms with van der Waals surface area (Å²) < 4.78 is 5.68. The number of amides is 1. The summed E-state index contributed by atoms with van der Waals surface area (Å²) in [6, 6.07) is 18.3. The lowest BCUT2D eigenvalue weighted by Crippen LogP contribution is -2.30. The number of carbonyl (C=O) groups excluding carboxylic acids is 1. The van der Waals surface area contributed by atoms with E-state index in [9.17, 15) is 4.79 Å². The van der Waals surface area contributed by atoms with Gasteiger partial charge in [-0.1, -0.05) is 90.1 Å². The van der Waals surface area contributed by atoms with Crippen LogP contribution in [0.3, 0.4) is 0 Å². The third kappa shape index (κ3) is 5.72. The first kappa shape index (κ1) is 24.3. The predicted molar refractivity (Wildman–Crippen MR) is 132 cm³/mol. The van der Waals surface area contributed by atoms with E-state index in [-0.39, 0.29) is 35.0 Å². The lowest BCUT2D eigenvalue weighted by molar-refractivity contribution is 0.0819. The average molecular weight is 437 g/mol. The molecule has 0 spiro atoms. The molecule has 1 amide bonds. The quantitative estimate of drug-likeness (QED) is 0.654. The van der Waals surface area contributed by atoms with Gasteiger partial charge in [-0.25, -0.2) is 4.79 Å². The summed E-state index contributed by atoms with van der Waals surface area (Å²) in [5.74, 6) is 0.195. The van der Waals surface area contributed by atoms with Crippen LogP contribution in [-0.4, -0.2) is 43.8 Å². The zero-order valence-electron chi connectivity index (χ0n) is 21.0. The minimum absolute atomic E-state index is 0.111. The molecule has 0 aliphatic carbocycles. The number of carbonyl (C=O) groups is 1. The average Bonchev–Trinajstić information content (AvgIpc) is 3.15. The first-order valence-electron chi connectivity index (χ1n) is 11.7. The van der Waals surface area contributed by atoms with Crippen molar-refractivity contribution < 1.29 is 9.53 Å². The summed E-state index contributed by atoms with van der Waals surface area (Å²) in [4.78, 5) is 13.5. The van der Waals surface area contributed by atoms with E-state index in [4.69, 9.17) is 4.74 Å². The Kier molecular flexibility index (Phi) is 7.04. The number of benzene rings is 2. The van der Waals surface area contributed by atoms with Gasteiger partial charge in [0.2, 0.25) is 0 Å². The standard InChI is InChI=1S/C28H40N2O2/c1-27(2,3)21-13-9-19(10-14-21)25(20-11-15-22(16-12-20)28(4,5)6)24-17-23(18-29-24)32-26(31)30(7)8/h9-16,23-25,29H,17-18H2,1-8H3. The second kappa shape index (κ2) is 9.27. The van der Waals surface area contributed by atoms with Gasteiger partial charge in [-0.2, -0.15) is 0 Å². The van der Waals surface area contributed by atoms with Gasteiger partial charge in [0.25, 0.3) is 0 Å². The van der Waals surface area contributed by atoms with Crippen molar-refractivity contribution in [1.82, 2.24) is 10.2 Å². The minimum atomic E-state index is -0.280. The summed E-state index contributed by atoms with van der Waals surface area (Å²) in [6.45, 7) is 14.1. The monoisotopic (exact) mass is 436 g/mol. The second-order valence-electron chi connectivity index (χ2n) is 11.4. The van der Waals surface area contributed by atoms with Crippen molar-refractivity contribution in [1.29, 1.82) is 0 Å². The lowest BCUT2D eigenvalue weighted by atomic mass is 9.80. The van der Waals surface area contributed by atoms with Crippen LogP contribution in [0.4, 0.5) is 4.79 Å². The highest BCUT2D eigenvalue weighted by molar-refractivity contribution is 5.67. The van der Waals surface area contributed by atoms with Crippen molar-refractivity contribution in [2.45, 2.75) is 76.9 Å². The molecule has 0 saturated carbocycles. The van der Waals surface area contributed by atoms with Gasteiger partial charge in [-0.3, -0.25) is 0 Å². The molecular weight excluding hydrogens is 396 g/mol. The van der Waals surface area contributed by atoms with E-state index in [2.05, 4.69) is 95.4 Å². The summed E-state index contributed by atoms with van der Waals surface area (Å²) in [5, 5.41) is 3.64. The molecule has 1 aliphatic rings. The highest BCUT2D eigenvalue weighted by Gasteiger charge is 2.34. The third-order valence-corrected chi connectivity index (χ3v) is 6.43. The van der Waals surface area contributed by atoms with Crippen molar-refractivity contribution >= 4 is 6.09 Å². The predicted octanol–water partition coefficient (Wildman–Crippen LogP) is 5.84. The maximum absolute atomic E-state index is 12.1. The summed E-state index contributed by atoms with van der Waals surface area (Å²) in [5.41, 5.74) is 5.50. The molecular formula is C28H40N2O2. The van der Waals surface area contributed by atoms with Crippen molar-refractivity contribution in [2.24, 2.45) is 0 Å². The van der Waals surface area contributed by atoms with Crippen molar-refractivity contribution in [3.63, 3.8) is 0 Å². The Morgan fingerprint density at radius 2 is 1.31 bits per heavy atom. The van der Waals surface area contributed by atoms with Crippen LogP contribution in [0.5, 0.6) is 0 Å². The molecule has 1 N–H and O–H groups in total. The molecule has 2 unspecified atom stereocenters. The van der Waals surface area contributed by atoms with Gasteiger partial charge >= 0.3 is 6.09 Å². The Labute approximate surface area is 194 Å². The summed E-state index contributed by atoms with van der Waals surface area (Å²) in [6.07, 6.45) is 0.407. The fourth-order valence-electron chi connectivity index (χ4n) is 4.36. The van der Waals surface area contributed by atoms with Gasteiger partial charge in [0.1, 0.15) is 6.10 Å². The second-order valence-corrected chi connectivity index (χ2v) is 11.4.